The van der Waals surface area contributed by atoms with Crippen LogP contribution in [0.3, 0.4) is 0 Å². The van der Waals surface area contributed by atoms with Gasteiger partial charge < -0.3 is 4.90 Å². The molecule has 21 heavy (non-hydrogen) atoms. The zero-order valence-electron chi connectivity index (χ0n) is 11.4. The van der Waals surface area contributed by atoms with E-state index in [0.29, 0.717) is 26.2 Å². The Hall–Kier alpha value is -1.44. The summed E-state index contributed by atoms with van der Waals surface area (Å²) in [5.41, 5.74) is 2.92. The number of carbonyl (C=O) groups is 1. The molecule has 0 fully saturated rings. The second kappa shape index (κ2) is 5.75. The number of hydrogen-bond acceptors (Lipinski definition) is 2. The predicted molar refractivity (Wildman–Crippen MR) is 80.9 cm³/mol. The molecule has 1 aromatic rings. The lowest BCUT2D eigenvalue weighted by molar-refractivity contribution is -0.129. The van der Waals surface area contributed by atoms with E-state index in [1.165, 1.54) is 4.31 Å². The number of rotatable bonds is 3. The van der Waals surface area contributed by atoms with Crippen molar-refractivity contribution in [1.29, 1.82) is 0 Å². The standard InChI is InChI=1S/C14H15BN2O3S/c15-13(10-4-2-1-3-5-10)14(18)16-6-11-8-17(21(19)20)9-12(11)7-16/h1-5,13H,6-9H2,(H,19,20). The van der Waals surface area contributed by atoms with Gasteiger partial charge >= 0.3 is 0 Å². The molecule has 3 rings (SSSR count). The Balaban J connectivity index is 1.64. The quantitative estimate of drug-likeness (QED) is 0.502. The summed E-state index contributed by atoms with van der Waals surface area (Å²) in [6, 6.07) is 9.29. The van der Waals surface area contributed by atoms with Gasteiger partial charge in [0.15, 0.2) is 0 Å². The molecule has 2 heterocycles. The van der Waals surface area contributed by atoms with Crippen LogP contribution in [0.4, 0.5) is 0 Å². The van der Waals surface area contributed by atoms with Crippen molar-refractivity contribution >= 4 is 25.0 Å². The van der Waals surface area contributed by atoms with Crippen molar-refractivity contribution in [1.82, 2.24) is 9.21 Å². The Labute approximate surface area is 127 Å². The molecule has 108 valence electrons. The third-order valence-corrected chi connectivity index (χ3v) is 4.66. The first-order valence-electron chi connectivity index (χ1n) is 6.71. The van der Waals surface area contributed by atoms with Gasteiger partial charge in [0, 0.05) is 32.0 Å². The van der Waals surface area contributed by atoms with E-state index >= 15 is 0 Å². The van der Waals surface area contributed by atoms with Gasteiger partial charge in [-0.25, -0.2) is 4.21 Å². The zero-order chi connectivity index (χ0) is 15.0. The molecule has 1 aromatic carbocycles. The molecular weight excluding hydrogens is 287 g/mol. The normalized spacial score (nSPS) is 21.5. The fourth-order valence-corrected chi connectivity index (χ4v) is 3.34. The van der Waals surface area contributed by atoms with Crippen LogP contribution in [-0.4, -0.2) is 57.9 Å². The minimum absolute atomic E-state index is 0.104. The molecule has 2 aliphatic heterocycles. The predicted octanol–water partition coefficient (Wildman–Crippen LogP) is 0.487. The van der Waals surface area contributed by atoms with Crippen LogP contribution in [0.1, 0.15) is 11.4 Å². The third kappa shape index (κ3) is 2.81. The van der Waals surface area contributed by atoms with Gasteiger partial charge in [0.05, 0.1) is 7.85 Å². The Kier molecular flexibility index (Phi) is 3.97. The molecule has 1 amide bonds. The molecule has 2 unspecified atom stereocenters. The number of benzene rings is 1. The minimum atomic E-state index is -1.95. The Morgan fingerprint density at radius 1 is 1.14 bits per heavy atom. The number of carbonyl (C=O) groups excluding carboxylic acids is 1. The van der Waals surface area contributed by atoms with Crippen LogP contribution in [0.2, 0.25) is 0 Å². The van der Waals surface area contributed by atoms with Crippen molar-refractivity contribution in [3.8, 4) is 0 Å². The van der Waals surface area contributed by atoms with E-state index in [1.54, 1.807) is 4.90 Å². The highest BCUT2D eigenvalue weighted by Crippen LogP contribution is 2.28. The average Bonchev–Trinajstić information content (AvgIpc) is 3.05. The van der Waals surface area contributed by atoms with E-state index in [4.69, 9.17) is 12.4 Å². The van der Waals surface area contributed by atoms with E-state index in [1.807, 2.05) is 30.3 Å². The van der Waals surface area contributed by atoms with Crippen molar-refractivity contribution in [2.45, 2.75) is 5.82 Å². The van der Waals surface area contributed by atoms with Gasteiger partial charge in [0.25, 0.3) is 0 Å². The lowest BCUT2D eigenvalue weighted by Gasteiger charge is -2.24. The lowest BCUT2D eigenvalue weighted by atomic mass is 9.80. The van der Waals surface area contributed by atoms with E-state index in [2.05, 4.69) is 0 Å². The number of nitrogens with zero attached hydrogens (tertiary/aromatic N) is 2. The van der Waals surface area contributed by atoms with Gasteiger partial charge in [-0.1, -0.05) is 30.3 Å². The molecule has 7 heteroatoms. The van der Waals surface area contributed by atoms with Gasteiger partial charge in [-0.3, -0.25) is 9.35 Å². The van der Waals surface area contributed by atoms with Gasteiger partial charge in [0.2, 0.25) is 17.2 Å². The second-order valence-electron chi connectivity index (χ2n) is 5.32. The summed E-state index contributed by atoms with van der Waals surface area (Å²) in [5, 5.41) is 0. The van der Waals surface area contributed by atoms with Crippen molar-refractivity contribution in [3.63, 3.8) is 0 Å². The minimum Gasteiger partial charge on any atom is -0.335 e. The molecule has 2 atom stereocenters. The molecule has 0 bridgehead atoms. The van der Waals surface area contributed by atoms with Crippen LogP contribution in [0.15, 0.2) is 41.5 Å². The average molecular weight is 302 g/mol. The van der Waals surface area contributed by atoms with E-state index in [9.17, 15) is 9.00 Å². The highest BCUT2D eigenvalue weighted by atomic mass is 32.2. The van der Waals surface area contributed by atoms with Crippen molar-refractivity contribution in [3.05, 3.63) is 47.0 Å². The Bertz CT molecular complexity index is 602. The van der Waals surface area contributed by atoms with Crippen LogP contribution >= 0.6 is 0 Å². The zero-order valence-corrected chi connectivity index (χ0v) is 12.3. The molecule has 0 saturated carbocycles. The summed E-state index contributed by atoms with van der Waals surface area (Å²) < 4.78 is 21.6. The van der Waals surface area contributed by atoms with Crippen LogP contribution < -0.4 is 0 Å². The summed E-state index contributed by atoms with van der Waals surface area (Å²) in [4.78, 5) is 14.2. The molecule has 0 saturated heterocycles. The van der Waals surface area contributed by atoms with Crippen molar-refractivity contribution in [2.24, 2.45) is 0 Å². The van der Waals surface area contributed by atoms with E-state index in [0.717, 1.165) is 16.7 Å². The number of amides is 1. The maximum atomic E-state index is 12.4. The van der Waals surface area contributed by atoms with E-state index < -0.39 is 17.1 Å². The van der Waals surface area contributed by atoms with Crippen molar-refractivity contribution in [2.75, 3.05) is 26.2 Å². The fourth-order valence-electron chi connectivity index (χ4n) is 2.81. The Morgan fingerprint density at radius 3 is 2.24 bits per heavy atom. The summed E-state index contributed by atoms with van der Waals surface area (Å²) in [6.45, 7) is 1.90. The lowest BCUT2D eigenvalue weighted by Crippen LogP contribution is -2.37. The summed E-state index contributed by atoms with van der Waals surface area (Å²) in [5.74, 6) is -0.762. The van der Waals surface area contributed by atoms with E-state index in [-0.39, 0.29) is 5.91 Å². The SMILES string of the molecule is [B]C(C(=O)N1CC2=C(C1)CN(S(=O)O)C2)c1ccccc1. The van der Waals surface area contributed by atoms with Gasteiger partial charge in [0.1, 0.15) is 0 Å². The Morgan fingerprint density at radius 2 is 1.71 bits per heavy atom. The molecule has 0 aromatic heterocycles. The second-order valence-corrected chi connectivity index (χ2v) is 6.30. The maximum Gasteiger partial charge on any atom is 0.235 e. The first-order valence-corrected chi connectivity index (χ1v) is 7.77. The monoisotopic (exact) mass is 302 g/mol. The molecule has 1 N–H and O–H groups in total. The third-order valence-electron chi connectivity index (χ3n) is 3.96. The first-order chi connectivity index (χ1) is 10.1. The highest BCUT2D eigenvalue weighted by Gasteiger charge is 2.35. The van der Waals surface area contributed by atoms with Crippen LogP contribution in [-0.2, 0) is 16.1 Å². The van der Waals surface area contributed by atoms with Crippen LogP contribution in [0.25, 0.3) is 0 Å². The van der Waals surface area contributed by atoms with Crippen LogP contribution in [0, 0.1) is 0 Å². The van der Waals surface area contributed by atoms with Crippen LogP contribution in [0.5, 0.6) is 0 Å². The largest absolute Gasteiger partial charge is 0.335 e. The number of hydrogen-bond donors (Lipinski definition) is 1. The van der Waals surface area contributed by atoms with Gasteiger partial charge in [-0.2, -0.15) is 4.31 Å². The molecular formula is C14H15BN2O3S. The van der Waals surface area contributed by atoms with Gasteiger partial charge in [-0.05, 0) is 16.7 Å². The summed E-state index contributed by atoms with van der Waals surface area (Å²) in [7, 11) is 6.04. The highest BCUT2D eigenvalue weighted by molar-refractivity contribution is 7.76. The molecule has 0 spiro atoms. The topological polar surface area (TPSA) is 60.9 Å². The molecule has 2 radical (unpaired) electrons. The molecule has 0 aliphatic carbocycles. The molecule has 5 nitrogen and oxygen atoms in total. The molecule has 2 aliphatic rings. The van der Waals surface area contributed by atoms with Gasteiger partial charge in [-0.15, -0.1) is 0 Å². The fraction of sp³-hybridized carbons (Fsp3) is 0.357. The smallest absolute Gasteiger partial charge is 0.235 e. The summed E-state index contributed by atoms with van der Waals surface area (Å²) in [6.07, 6.45) is 0. The maximum absolute atomic E-state index is 12.4. The summed E-state index contributed by atoms with van der Waals surface area (Å²) >= 11 is -1.95. The first kappa shape index (κ1) is 14.5. The van der Waals surface area contributed by atoms with Crippen molar-refractivity contribution < 1.29 is 13.6 Å².